The van der Waals surface area contributed by atoms with Crippen LogP contribution < -0.4 is 4.90 Å². The average Bonchev–Trinajstić information content (AvgIpc) is 2.53. The number of anilines is 1. The Hall–Kier alpha value is -1.69. The maximum absolute atomic E-state index is 11.9. The van der Waals surface area contributed by atoms with Crippen LogP contribution in [0.25, 0.3) is 0 Å². The predicted molar refractivity (Wildman–Crippen MR) is 83.9 cm³/mol. The van der Waals surface area contributed by atoms with Crippen molar-refractivity contribution in [3.63, 3.8) is 0 Å². The van der Waals surface area contributed by atoms with Crippen molar-refractivity contribution in [2.45, 2.75) is 45.6 Å². The Morgan fingerprint density at radius 2 is 1.82 bits per heavy atom. The molecule has 1 aliphatic carbocycles. The van der Waals surface area contributed by atoms with E-state index in [4.69, 9.17) is 0 Å². The van der Waals surface area contributed by atoms with E-state index < -0.39 is 6.10 Å². The van der Waals surface area contributed by atoms with Crippen LogP contribution in [-0.2, 0) is 17.6 Å². The number of fused-ring (bicyclic) bond motifs is 1. The summed E-state index contributed by atoms with van der Waals surface area (Å²) in [4.78, 5) is 25.1. The first-order chi connectivity index (χ1) is 10.6. The van der Waals surface area contributed by atoms with Crippen molar-refractivity contribution < 1.29 is 9.90 Å². The summed E-state index contributed by atoms with van der Waals surface area (Å²) in [6.07, 6.45) is 3.59. The molecule has 1 unspecified atom stereocenters. The smallest absolute Gasteiger partial charge is 0.251 e. The van der Waals surface area contributed by atoms with Crippen molar-refractivity contribution in [2.24, 2.45) is 0 Å². The molecule has 3 rings (SSSR count). The van der Waals surface area contributed by atoms with Gasteiger partial charge in [0.1, 0.15) is 17.7 Å². The lowest BCUT2D eigenvalue weighted by Crippen LogP contribution is -2.51. The highest BCUT2D eigenvalue weighted by Gasteiger charge is 2.27. The highest BCUT2D eigenvalue weighted by Crippen LogP contribution is 2.28. The topological polar surface area (TPSA) is 69.6 Å². The van der Waals surface area contributed by atoms with Gasteiger partial charge in [-0.2, -0.15) is 0 Å². The highest BCUT2D eigenvalue weighted by atomic mass is 16.3. The number of nitrogens with zero attached hydrogens (tertiary/aromatic N) is 4. The number of piperazine rings is 1. The molecule has 0 bridgehead atoms. The third-order valence-electron chi connectivity index (χ3n) is 4.52. The number of aromatic nitrogens is 2. The van der Waals surface area contributed by atoms with E-state index in [9.17, 15) is 9.90 Å². The number of aryl methyl sites for hydroxylation is 2. The molecule has 0 saturated carbocycles. The fourth-order valence-electron chi connectivity index (χ4n) is 3.36. The van der Waals surface area contributed by atoms with E-state index >= 15 is 0 Å². The van der Waals surface area contributed by atoms with Gasteiger partial charge in [-0.1, -0.05) is 0 Å². The molecule has 1 aliphatic heterocycles. The van der Waals surface area contributed by atoms with Crippen molar-refractivity contribution in [3.05, 3.63) is 17.1 Å². The Balaban J connectivity index is 1.77. The summed E-state index contributed by atoms with van der Waals surface area (Å²) < 4.78 is 0. The Bertz CT molecular complexity index is 566. The molecule has 0 spiro atoms. The van der Waals surface area contributed by atoms with Crippen LogP contribution in [0.15, 0.2) is 0 Å². The van der Waals surface area contributed by atoms with Gasteiger partial charge in [0.15, 0.2) is 0 Å². The van der Waals surface area contributed by atoms with Crippen LogP contribution in [0.5, 0.6) is 0 Å². The van der Waals surface area contributed by atoms with E-state index in [0.29, 0.717) is 13.1 Å². The fourth-order valence-corrected chi connectivity index (χ4v) is 3.36. The number of amides is 1. The SMILES string of the molecule is Cc1nc2c(c(N3CCN(C(=O)C(C)O)CC3)n1)CCCC2. The second kappa shape index (κ2) is 6.20. The van der Waals surface area contributed by atoms with E-state index in [-0.39, 0.29) is 5.91 Å². The average molecular weight is 304 g/mol. The minimum absolute atomic E-state index is 0.180. The number of aliphatic hydroxyl groups is 1. The van der Waals surface area contributed by atoms with Crippen molar-refractivity contribution in [3.8, 4) is 0 Å². The number of aliphatic hydroxyl groups excluding tert-OH is 1. The Kier molecular flexibility index (Phi) is 4.29. The van der Waals surface area contributed by atoms with Gasteiger partial charge in [-0.05, 0) is 39.5 Å². The van der Waals surface area contributed by atoms with Crippen LogP contribution in [0.4, 0.5) is 5.82 Å². The van der Waals surface area contributed by atoms with Crippen LogP contribution in [-0.4, -0.2) is 58.2 Å². The number of carbonyl (C=O) groups excluding carboxylic acids is 1. The van der Waals surface area contributed by atoms with Gasteiger partial charge in [-0.15, -0.1) is 0 Å². The summed E-state index contributed by atoms with van der Waals surface area (Å²) in [6.45, 7) is 6.29. The third-order valence-corrected chi connectivity index (χ3v) is 4.52. The summed E-state index contributed by atoms with van der Waals surface area (Å²) in [5.41, 5.74) is 2.50. The van der Waals surface area contributed by atoms with Crippen molar-refractivity contribution in [1.82, 2.24) is 14.9 Å². The lowest BCUT2D eigenvalue weighted by Gasteiger charge is -2.37. The van der Waals surface area contributed by atoms with Gasteiger partial charge >= 0.3 is 0 Å². The minimum atomic E-state index is -0.916. The summed E-state index contributed by atoms with van der Waals surface area (Å²) in [6, 6.07) is 0. The molecular weight excluding hydrogens is 280 g/mol. The molecule has 0 aromatic carbocycles. The van der Waals surface area contributed by atoms with Crippen molar-refractivity contribution in [1.29, 1.82) is 0 Å². The maximum atomic E-state index is 11.9. The zero-order chi connectivity index (χ0) is 15.7. The molecule has 1 atom stereocenters. The van der Waals surface area contributed by atoms with Gasteiger partial charge in [-0.3, -0.25) is 4.79 Å². The number of hydrogen-bond donors (Lipinski definition) is 1. The molecular formula is C16H24N4O2. The zero-order valence-electron chi connectivity index (χ0n) is 13.4. The molecule has 1 aromatic rings. The second-order valence-corrected chi connectivity index (χ2v) is 6.22. The molecule has 6 heteroatoms. The quantitative estimate of drug-likeness (QED) is 0.871. The normalized spacial score (nSPS) is 19.8. The minimum Gasteiger partial charge on any atom is -0.384 e. The standard InChI is InChI=1S/C16H24N4O2/c1-11(21)16(22)20-9-7-19(8-10-20)15-13-5-3-4-6-14(13)17-12(2)18-15/h11,21H,3-10H2,1-2H3. The first-order valence-electron chi connectivity index (χ1n) is 8.14. The lowest BCUT2D eigenvalue weighted by atomic mass is 9.96. The van der Waals surface area contributed by atoms with Gasteiger partial charge in [0.25, 0.3) is 5.91 Å². The Labute approximate surface area is 131 Å². The first-order valence-corrected chi connectivity index (χ1v) is 8.14. The fraction of sp³-hybridized carbons (Fsp3) is 0.688. The first kappa shape index (κ1) is 15.2. The largest absolute Gasteiger partial charge is 0.384 e. The van der Waals surface area contributed by atoms with Gasteiger partial charge < -0.3 is 14.9 Å². The van der Waals surface area contributed by atoms with Crippen LogP contribution in [0.1, 0.15) is 36.8 Å². The molecule has 120 valence electrons. The van der Waals surface area contributed by atoms with Crippen molar-refractivity contribution >= 4 is 11.7 Å². The summed E-state index contributed by atoms with van der Waals surface area (Å²) in [7, 11) is 0. The monoisotopic (exact) mass is 304 g/mol. The van der Waals surface area contributed by atoms with Gasteiger partial charge in [-0.25, -0.2) is 9.97 Å². The van der Waals surface area contributed by atoms with E-state index in [1.165, 1.54) is 31.0 Å². The Morgan fingerprint density at radius 3 is 2.50 bits per heavy atom. The van der Waals surface area contributed by atoms with Gasteiger partial charge in [0.2, 0.25) is 0 Å². The molecule has 2 heterocycles. The number of hydrogen-bond acceptors (Lipinski definition) is 5. The zero-order valence-corrected chi connectivity index (χ0v) is 13.4. The molecule has 2 aliphatic rings. The molecule has 1 fully saturated rings. The molecule has 22 heavy (non-hydrogen) atoms. The lowest BCUT2D eigenvalue weighted by molar-refractivity contribution is -0.139. The second-order valence-electron chi connectivity index (χ2n) is 6.22. The van der Waals surface area contributed by atoms with E-state index in [0.717, 1.165) is 37.6 Å². The van der Waals surface area contributed by atoms with Crippen LogP contribution in [0.2, 0.25) is 0 Å². The summed E-state index contributed by atoms with van der Waals surface area (Å²) in [5.74, 6) is 1.71. The molecule has 1 amide bonds. The molecule has 0 radical (unpaired) electrons. The van der Waals surface area contributed by atoms with E-state index in [1.54, 1.807) is 4.90 Å². The van der Waals surface area contributed by atoms with E-state index in [2.05, 4.69) is 14.9 Å². The van der Waals surface area contributed by atoms with Crippen LogP contribution in [0, 0.1) is 6.92 Å². The number of rotatable bonds is 2. The highest BCUT2D eigenvalue weighted by molar-refractivity contribution is 5.80. The van der Waals surface area contributed by atoms with Crippen LogP contribution >= 0.6 is 0 Å². The number of carbonyl (C=O) groups is 1. The summed E-state index contributed by atoms with van der Waals surface area (Å²) in [5, 5.41) is 9.43. The molecule has 6 nitrogen and oxygen atoms in total. The van der Waals surface area contributed by atoms with E-state index in [1.807, 2.05) is 6.92 Å². The molecule has 1 aromatic heterocycles. The van der Waals surface area contributed by atoms with Crippen LogP contribution in [0.3, 0.4) is 0 Å². The Morgan fingerprint density at radius 1 is 1.14 bits per heavy atom. The molecule has 1 saturated heterocycles. The maximum Gasteiger partial charge on any atom is 0.251 e. The van der Waals surface area contributed by atoms with Gasteiger partial charge in [0.05, 0.1) is 0 Å². The van der Waals surface area contributed by atoms with Crippen molar-refractivity contribution in [2.75, 3.05) is 31.1 Å². The van der Waals surface area contributed by atoms with Gasteiger partial charge in [0, 0.05) is 37.4 Å². The summed E-state index contributed by atoms with van der Waals surface area (Å²) >= 11 is 0. The third kappa shape index (κ3) is 2.92. The predicted octanol–water partition coefficient (Wildman–Crippen LogP) is 0.693. The molecule has 1 N–H and O–H groups in total.